The van der Waals surface area contributed by atoms with Crippen molar-refractivity contribution < 1.29 is 27.2 Å². The fourth-order valence-electron chi connectivity index (χ4n) is 2.69. The molecule has 3 rings (SSSR count). The maximum Gasteiger partial charge on any atom is 0.416 e. The number of aromatic nitrogens is 2. The number of carbonyl (C=O) groups excluding carboxylic acids is 1. The highest BCUT2D eigenvalue weighted by Gasteiger charge is 2.30. The smallest absolute Gasteiger partial charge is 0.368 e. The summed E-state index contributed by atoms with van der Waals surface area (Å²) in [6, 6.07) is 4.73. The van der Waals surface area contributed by atoms with Gasteiger partial charge in [0.15, 0.2) is 5.82 Å². The zero-order chi connectivity index (χ0) is 18.6. The predicted octanol–water partition coefficient (Wildman–Crippen LogP) is 2.84. The molecule has 1 aliphatic heterocycles. The third-order valence-corrected chi connectivity index (χ3v) is 3.98. The van der Waals surface area contributed by atoms with Crippen LogP contribution in [0.4, 0.5) is 13.2 Å². The second kappa shape index (κ2) is 7.86. The lowest BCUT2D eigenvalue weighted by Crippen LogP contribution is -2.27. The van der Waals surface area contributed by atoms with E-state index in [1.54, 1.807) is 0 Å². The summed E-state index contributed by atoms with van der Waals surface area (Å²) < 4.78 is 48.6. The Balaban J connectivity index is 1.46. The minimum atomic E-state index is -4.42. The largest absolute Gasteiger partial charge is 0.416 e. The number of rotatable bonds is 6. The third-order valence-electron chi connectivity index (χ3n) is 3.98. The van der Waals surface area contributed by atoms with E-state index in [1.165, 1.54) is 12.1 Å². The number of nitrogens with one attached hydrogen (secondary N) is 1. The van der Waals surface area contributed by atoms with Gasteiger partial charge in [-0.15, -0.1) is 0 Å². The summed E-state index contributed by atoms with van der Waals surface area (Å²) in [5.74, 6) is 0.523. The van der Waals surface area contributed by atoms with E-state index < -0.39 is 11.7 Å². The number of ether oxygens (including phenoxy) is 1. The van der Waals surface area contributed by atoms with Crippen LogP contribution in [-0.2, 0) is 28.5 Å². The van der Waals surface area contributed by atoms with Crippen LogP contribution in [0.3, 0.4) is 0 Å². The van der Waals surface area contributed by atoms with E-state index in [2.05, 4.69) is 15.5 Å². The molecule has 6 nitrogen and oxygen atoms in total. The van der Waals surface area contributed by atoms with Crippen molar-refractivity contribution in [2.24, 2.45) is 0 Å². The van der Waals surface area contributed by atoms with Crippen LogP contribution in [0.1, 0.15) is 41.8 Å². The molecule has 9 heteroatoms. The van der Waals surface area contributed by atoms with Crippen LogP contribution in [0.2, 0.25) is 0 Å². The van der Waals surface area contributed by atoms with E-state index in [9.17, 15) is 18.0 Å². The Morgan fingerprint density at radius 1 is 1.35 bits per heavy atom. The Bertz CT molecular complexity index is 755. The lowest BCUT2D eigenvalue weighted by molar-refractivity contribution is -0.137. The van der Waals surface area contributed by atoms with Gasteiger partial charge in [0, 0.05) is 19.6 Å². The molecule has 0 radical (unpaired) electrons. The summed E-state index contributed by atoms with van der Waals surface area (Å²) in [5, 5.41) is 6.48. The van der Waals surface area contributed by atoms with E-state index >= 15 is 0 Å². The van der Waals surface area contributed by atoms with E-state index in [0.717, 1.165) is 25.0 Å². The number of carbonyl (C=O) groups is 1. The van der Waals surface area contributed by atoms with Gasteiger partial charge in [0.25, 0.3) is 5.89 Å². The average molecular weight is 369 g/mol. The van der Waals surface area contributed by atoms with Gasteiger partial charge in [-0.3, -0.25) is 4.79 Å². The summed E-state index contributed by atoms with van der Waals surface area (Å²) in [5.41, 5.74) is -0.464. The number of alkyl halides is 3. The fourth-order valence-corrected chi connectivity index (χ4v) is 2.69. The van der Waals surface area contributed by atoms with Crippen molar-refractivity contribution >= 4 is 5.91 Å². The monoisotopic (exact) mass is 369 g/mol. The van der Waals surface area contributed by atoms with Gasteiger partial charge >= 0.3 is 6.18 Å². The second-order valence-corrected chi connectivity index (χ2v) is 6.03. The summed E-state index contributed by atoms with van der Waals surface area (Å²) in [6.07, 6.45) is -2.55. The lowest BCUT2D eigenvalue weighted by Gasteiger charge is -2.09. The molecule has 2 aromatic rings. The zero-order valence-electron chi connectivity index (χ0n) is 13.9. The van der Waals surface area contributed by atoms with E-state index in [1.807, 2.05) is 0 Å². The Morgan fingerprint density at radius 2 is 2.19 bits per heavy atom. The summed E-state index contributed by atoms with van der Waals surface area (Å²) in [6.45, 7) is 0.941. The van der Waals surface area contributed by atoms with Crippen molar-refractivity contribution in [2.75, 3.05) is 13.2 Å². The van der Waals surface area contributed by atoms with Crippen LogP contribution < -0.4 is 5.32 Å². The van der Waals surface area contributed by atoms with Crippen LogP contribution in [0.25, 0.3) is 0 Å². The van der Waals surface area contributed by atoms with Crippen molar-refractivity contribution in [1.82, 2.24) is 15.5 Å². The molecule has 1 aliphatic rings. The minimum absolute atomic E-state index is 0.128. The first-order chi connectivity index (χ1) is 12.4. The molecular weight excluding hydrogens is 351 g/mol. The second-order valence-electron chi connectivity index (χ2n) is 6.03. The van der Waals surface area contributed by atoms with Crippen LogP contribution in [0.5, 0.6) is 0 Å². The molecule has 1 saturated heterocycles. The number of hydrogen-bond donors (Lipinski definition) is 1. The van der Waals surface area contributed by atoms with Crippen molar-refractivity contribution in [3.63, 3.8) is 0 Å². The quantitative estimate of drug-likeness (QED) is 0.847. The number of hydrogen-bond acceptors (Lipinski definition) is 5. The van der Waals surface area contributed by atoms with Crippen LogP contribution in [0, 0.1) is 0 Å². The first-order valence-electron chi connectivity index (χ1n) is 8.29. The number of nitrogens with zero attached hydrogens (tertiary/aromatic N) is 2. The Hall–Kier alpha value is -2.42. The Labute approximate surface area is 147 Å². The molecule has 1 amide bonds. The van der Waals surface area contributed by atoms with Crippen LogP contribution in [0.15, 0.2) is 28.8 Å². The molecule has 140 valence electrons. The van der Waals surface area contributed by atoms with E-state index in [4.69, 9.17) is 9.26 Å². The molecule has 26 heavy (non-hydrogen) atoms. The normalized spacial score (nSPS) is 17.4. The first kappa shape index (κ1) is 18.4. The highest BCUT2D eigenvalue weighted by atomic mass is 19.4. The molecule has 0 bridgehead atoms. The molecule has 1 N–H and O–H groups in total. The molecule has 1 fully saturated rings. The van der Waals surface area contributed by atoms with Crippen molar-refractivity contribution in [3.05, 3.63) is 47.1 Å². The maximum atomic E-state index is 12.7. The first-order valence-corrected chi connectivity index (χ1v) is 8.29. The van der Waals surface area contributed by atoms with Gasteiger partial charge in [-0.1, -0.05) is 23.4 Å². The van der Waals surface area contributed by atoms with Gasteiger partial charge in [0.1, 0.15) is 6.10 Å². The number of benzene rings is 1. The van der Waals surface area contributed by atoms with Crippen LogP contribution in [-0.4, -0.2) is 29.2 Å². The number of amides is 1. The summed E-state index contributed by atoms with van der Waals surface area (Å²) >= 11 is 0. The molecule has 0 unspecified atom stereocenters. The van der Waals surface area contributed by atoms with Gasteiger partial charge in [-0.05, 0) is 24.5 Å². The SMILES string of the molecule is O=C(Cc1cccc(C(F)(F)F)c1)NCCc1noc([C@@H]2CCCO2)n1. The highest BCUT2D eigenvalue weighted by Crippen LogP contribution is 2.29. The van der Waals surface area contributed by atoms with E-state index in [0.29, 0.717) is 30.3 Å². The predicted molar refractivity (Wildman–Crippen MR) is 84.1 cm³/mol. The molecule has 1 aromatic carbocycles. The van der Waals surface area contributed by atoms with Gasteiger partial charge in [0.05, 0.1) is 12.0 Å². The molecule has 0 aliphatic carbocycles. The minimum Gasteiger partial charge on any atom is -0.368 e. The lowest BCUT2D eigenvalue weighted by atomic mass is 10.1. The van der Waals surface area contributed by atoms with Gasteiger partial charge in [0.2, 0.25) is 5.91 Å². The molecule has 1 aromatic heterocycles. The molecule has 1 atom stereocenters. The summed E-state index contributed by atoms with van der Waals surface area (Å²) in [4.78, 5) is 16.1. The number of halogens is 3. The molecule has 2 heterocycles. The standard InChI is InChI=1S/C17H18F3N3O3/c18-17(19,20)12-4-1-3-11(9-12)10-15(24)21-7-6-14-22-16(26-23-14)13-5-2-8-25-13/h1,3-4,9,13H,2,5-8,10H2,(H,21,24)/t13-/m0/s1. The molecule has 0 spiro atoms. The highest BCUT2D eigenvalue weighted by molar-refractivity contribution is 5.78. The Kier molecular flexibility index (Phi) is 5.55. The molecular formula is C17H18F3N3O3. The van der Waals surface area contributed by atoms with Gasteiger partial charge < -0.3 is 14.6 Å². The van der Waals surface area contributed by atoms with Gasteiger partial charge in [-0.2, -0.15) is 18.2 Å². The zero-order valence-corrected chi connectivity index (χ0v) is 13.9. The fraction of sp³-hybridized carbons (Fsp3) is 0.471. The molecule has 0 saturated carbocycles. The van der Waals surface area contributed by atoms with E-state index in [-0.39, 0.29) is 25.0 Å². The topological polar surface area (TPSA) is 77.2 Å². The average Bonchev–Trinajstić information content (AvgIpc) is 3.25. The van der Waals surface area contributed by atoms with Crippen LogP contribution >= 0.6 is 0 Å². The third kappa shape index (κ3) is 4.81. The van der Waals surface area contributed by atoms with Crippen molar-refractivity contribution in [2.45, 2.75) is 38.0 Å². The Morgan fingerprint density at radius 3 is 2.92 bits per heavy atom. The van der Waals surface area contributed by atoms with Crippen molar-refractivity contribution in [3.8, 4) is 0 Å². The summed E-state index contributed by atoms with van der Waals surface area (Å²) in [7, 11) is 0. The van der Waals surface area contributed by atoms with Gasteiger partial charge in [-0.25, -0.2) is 0 Å². The maximum absolute atomic E-state index is 12.7. The van der Waals surface area contributed by atoms with Crippen molar-refractivity contribution in [1.29, 1.82) is 0 Å².